The van der Waals surface area contributed by atoms with E-state index in [0.29, 0.717) is 16.5 Å². The van der Waals surface area contributed by atoms with Crippen molar-refractivity contribution in [2.75, 3.05) is 7.11 Å². The summed E-state index contributed by atoms with van der Waals surface area (Å²) < 4.78 is 4.52. The number of nitrogens with one attached hydrogen (secondary N) is 1. The van der Waals surface area contributed by atoms with Gasteiger partial charge in [-0.15, -0.1) is 0 Å². The minimum Gasteiger partial charge on any atom is -0.465 e. The first kappa shape index (κ1) is 16.1. The molecule has 2 aromatic carbocycles. The highest BCUT2D eigenvalue weighted by Crippen LogP contribution is 2.42. The van der Waals surface area contributed by atoms with Crippen LogP contribution in [0.15, 0.2) is 42.6 Å². The van der Waals surface area contributed by atoms with E-state index in [-0.39, 0.29) is 11.1 Å². The summed E-state index contributed by atoms with van der Waals surface area (Å²) in [6, 6.07) is 8.90. The first-order valence-electron chi connectivity index (χ1n) is 7.05. The third-order valence-electron chi connectivity index (χ3n) is 3.77. The number of aromatic nitrogens is 1. The Kier molecular flexibility index (Phi) is 3.89. The molecule has 3 aromatic rings. The lowest BCUT2D eigenvalue weighted by Crippen LogP contribution is -2.05. The van der Waals surface area contributed by atoms with Gasteiger partial charge in [0.05, 0.1) is 22.5 Å². The number of methoxy groups -OCH3 is 1. The molecule has 0 aliphatic rings. The second-order valence-corrected chi connectivity index (χ2v) is 5.14. The second kappa shape index (κ2) is 6.04. The molecule has 0 saturated heterocycles. The first-order valence-corrected chi connectivity index (χ1v) is 7.05. The van der Waals surface area contributed by atoms with Gasteiger partial charge < -0.3 is 9.72 Å². The monoisotopic (exact) mass is 341 g/mol. The highest BCUT2D eigenvalue weighted by atomic mass is 16.6. The molecule has 126 valence electrons. The fourth-order valence-electron chi connectivity index (χ4n) is 2.69. The van der Waals surface area contributed by atoms with Crippen molar-refractivity contribution < 1.29 is 19.4 Å². The summed E-state index contributed by atoms with van der Waals surface area (Å²) in [5, 5.41) is 23.6. The van der Waals surface area contributed by atoms with Crippen LogP contribution < -0.4 is 0 Å². The van der Waals surface area contributed by atoms with E-state index in [2.05, 4.69) is 9.72 Å². The van der Waals surface area contributed by atoms with Crippen LogP contribution in [-0.2, 0) is 4.74 Å². The maximum absolute atomic E-state index is 11.7. The van der Waals surface area contributed by atoms with Crippen LogP contribution in [0.3, 0.4) is 0 Å². The molecule has 0 unspecified atom stereocenters. The minimum atomic E-state index is -0.892. The summed E-state index contributed by atoms with van der Waals surface area (Å²) in [6.07, 6.45) is 1.47. The number of nitro groups is 2. The maximum atomic E-state index is 11.7. The Hall–Kier alpha value is -3.75. The SMILES string of the molecule is COC(=O)c1cc([N+](=O)[O-])c(-c2c[nH]c3ccccc23)c([N+](=O)[O-])c1. The lowest BCUT2D eigenvalue weighted by Gasteiger charge is -2.06. The number of esters is 1. The number of nitro benzene ring substituents is 2. The van der Waals surface area contributed by atoms with Crippen molar-refractivity contribution in [2.45, 2.75) is 0 Å². The highest BCUT2D eigenvalue weighted by molar-refractivity contribution is 6.02. The number of benzene rings is 2. The topological polar surface area (TPSA) is 128 Å². The Morgan fingerprint density at radius 1 is 1.08 bits per heavy atom. The van der Waals surface area contributed by atoms with Gasteiger partial charge >= 0.3 is 5.97 Å². The van der Waals surface area contributed by atoms with Crippen LogP contribution >= 0.6 is 0 Å². The molecule has 1 heterocycles. The number of H-pyrrole nitrogens is 1. The maximum Gasteiger partial charge on any atom is 0.338 e. The van der Waals surface area contributed by atoms with Crippen molar-refractivity contribution in [3.63, 3.8) is 0 Å². The number of fused-ring (bicyclic) bond motifs is 1. The van der Waals surface area contributed by atoms with Gasteiger partial charge in [-0.2, -0.15) is 0 Å². The van der Waals surface area contributed by atoms with Gasteiger partial charge in [-0.3, -0.25) is 20.2 Å². The number of ether oxygens (including phenoxy) is 1. The Labute approximate surface area is 140 Å². The van der Waals surface area contributed by atoms with Crippen molar-refractivity contribution in [1.29, 1.82) is 0 Å². The summed E-state index contributed by atoms with van der Waals surface area (Å²) in [6.45, 7) is 0. The van der Waals surface area contributed by atoms with Gasteiger partial charge in [-0.05, 0) is 6.07 Å². The number of carbonyl (C=O) groups excluding carboxylic acids is 1. The molecule has 3 rings (SSSR count). The quantitative estimate of drug-likeness (QED) is 0.440. The molecule has 0 atom stereocenters. The van der Waals surface area contributed by atoms with Gasteiger partial charge in [0.15, 0.2) is 0 Å². The molecule has 1 aromatic heterocycles. The van der Waals surface area contributed by atoms with Crippen LogP contribution in [0, 0.1) is 20.2 Å². The standard InChI is InChI=1S/C16H11N3O6/c1-25-16(20)9-6-13(18(21)22)15(14(7-9)19(23)24)11-8-17-12-5-3-2-4-10(11)12/h2-8,17H,1H3. The second-order valence-electron chi connectivity index (χ2n) is 5.14. The Morgan fingerprint density at radius 3 is 2.24 bits per heavy atom. The van der Waals surface area contributed by atoms with Gasteiger partial charge in [-0.1, -0.05) is 18.2 Å². The van der Waals surface area contributed by atoms with Crippen LogP contribution in [0.25, 0.3) is 22.0 Å². The summed E-state index contributed by atoms with van der Waals surface area (Å²) in [5.41, 5.74) is -0.521. The summed E-state index contributed by atoms with van der Waals surface area (Å²) in [4.78, 5) is 36.1. The molecule has 0 saturated carbocycles. The zero-order valence-electron chi connectivity index (χ0n) is 12.9. The van der Waals surface area contributed by atoms with Crippen molar-refractivity contribution >= 4 is 28.2 Å². The number of nitrogens with zero attached hydrogens (tertiary/aromatic N) is 2. The third-order valence-corrected chi connectivity index (χ3v) is 3.77. The molecule has 1 N–H and O–H groups in total. The number of para-hydroxylation sites is 1. The van der Waals surface area contributed by atoms with Crippen LogP contribution in [0.1, 0.15) is 10.4 Å². The predicted octanol–water partition coefficient (Wildman–Crippen LogP) is 3.44. The average Bonchev–Trinajstić information content (AvgIpc) is 3.03. The molecule has 0 radical (unpaired) electrons. The van der Waals surface area contributed by atoms with Crippen LogP contribution in [0.4, 0.5) is 11.4 Å². The number of carbonyl (C=O) groups is 1. The van der Waals surface area contributed by atoms with Crippen molar-refractivity contribution in [3.8, 4) is 11.1 Å². The molecule has 9 heteroatoms. The van der Waals surface area contributed by atoms with E-state index in [9.17, 15) is 25.0 Å². The third kappa shape index (κ3) is 2.67. The fourth-order valence-corrected chi connectivity index (χ4v) is 2.69. The van der Waals surface area contributed by atoms with Crippen LogP contribution in [0.5, 0.6) is 0 Å². The first-order chi connectivity index (χ1) is 11.9. The fraction of sp³-hybridized carbons (Fsp3) is 0.0625. The van der Waals surface area contributed by atoms with E-state index in [1.165, 1.54) is 6.20 Å². The van der Waals surface area contributed by atoms with Gasteiger partial charge in [0.1, 0.15) is 5.56 Å². The van der Waals surface area contributed by atoms with Gasteiger partial charge in [0.2, 0.25) is 0 Å². The normalized spacial score (nSPS) is 10.6. The molecular formula is C16H11N3O6. The molecule has 0 amide bonds. The van der Waals surface area contributed by atoms with E-state index in [4.69, 9.17) is 0 Å². The van der Waals surface area contributed by atoms with Crippen molar-refractivity contribution in [3.05, 3.63) is 68.4 Å². The van der Waals surface area contributed by atoms with E-state index in [1.807, 2.05) is 0 Å². The summed E-state index contributed by atoms with van der Waals surface area (Å²) in [7, 11) is 1.09. The molecule has 0 spiro atoms. The zero-order chi connectivity index (χ0) is 18.1. The van der Waals surface area contributed by atoms with Gasteiger partial charge in [0, 0.05) is 34.8 Å². The molecular weight excluding hydrogens is 330 g/mol. The van der Waals surface area contributed by atoms with E-state index in [0.717, 1.165) is 19.2 Å². The summed E-state index contributed by atoms with van der Waals surface area (Å²) >= 11 is 0. The molecule has 0 fully saturated rings. The molecule has 0 bridgehead atoms. The number of aromatic amines is 1. The lowest BCUT2D eigenvalue weighted by atomic mass is 9.98. The summed E-state index contributed by atoms with van der Waals surface area (Å²) in [5.74, 6) is -0.892. The van der Waals surface area contributed by atoms with E-state index < -0.39 is 27.2 Å². The van der Waals surface area contributed by atoms with Crippen LogP contribution in [-0.4, -0.2) is 27.9 Å². The van der Waals surface area contributed by atoms with Crippen molar-refractivity contribution in [1.82, 2.24) is 4.98 Å². The van der Waals surface area contributed by atoms with Crippen molar-refractivity contribution in [2.24, 2.45) is 0 Å². The highest BCUT2D eigenvalue weighted by Gasteiger charge is 2.31. The Bertz CT molecular complexity index is 989. The Morgan fingerprint density at radius 2 is 1.68 bits per heavy atom. The molecule has 9 nitrogen and oxygen atoms in total. The largest absolute Gasteiger partial charge is 0.465 e. The lowest BCUT2D eigenvalue weighted by molar-refractivity contribution is -0.392. The number of rotatable bonds is 4. The number of hydrogen-bond acceptors (Lipinski definition) is 6. The molecule has 25 heavy (non-hydrogen) atoms. The predicted molar refractivity (Wildman–Crippen MR) is 88.4 cm³/mol. The zero-order valence-corrected chi connectivity index (χ0v) is 12.9. The molecule has 0 aliphatic carbocycles. The minimum absolute atomic E-state index is 0.167. The van der Waals surface area contributed by atoms with Crippen LogP contribution in [0.2, 0.25) is 0 Å². The molecule has 0 aliphatic heterocycles. The van der Waals surface area contributed by atoms with E-state index in [1.54, 1.807) is 24.3 Å². The van der Waals surface area contributed by atoms with E-state index >= 15 is 0 Å². The van der Waals surface area contributed by atoms with Gasteiger partial charge in [-0.25, -0.2) is 4.79 Å². The average molecular weight is 341 g/mol. The number of hydrogen-bond donors (Lipinski definition) is 1. The van der Waals surface area contributed by atoms with Gasteiger partial charge in [0.25, 0.3) is 11.4 Å². The Balaban J connectivity index is 2.40. The smallest absolute Gasteiger partial charge is 0.338 e.